The molecule has 0 unspecified atom stereocenters. The Morgan fingerprint density at radius 2 is 1.26 bits per heavy atom. The van der Waals surface area contributed by atoms with Crippen molar-refractivity contribution < 1.29 is 57.5 Å². The molecule has 0 saturated carbocycles. The molecule has 0 aromatic heterocycles. The third kappa shape index (κ3) is 4.90. The molecular weight excluding hydrogens is 504 g/mol. The number of carbonyl (C=O) groups is 5. The summed E-state index contributed by atoms with van der Waals surface area (Å²) in [7, 11) is 0. The van der Waals surface area contributed by atoms with Crippen LogP contribution in [-0.2, 0) is 30.4 Å². The molecule has 0 bridgehead atoms. The molecular formula is C26H24O12. The molecule has 200 valence electrons. The van der Waals surface area contributed by atoms with Gasteiger partial charge in [0.15, 0.2) is 23.0 Å². The van der Waals surface area contributed by atoms with Gasteiger partial charge in [0.2, 0.25) is 11.5 Å². The second-order valence-electron chi connectivity index (χ2n) is 8.88. The van der Waals surface area contributed by atoms with Crippen LogP contribution >= 0.6 is 0 Å². The lowest BCUT2D eigenvalue weighted by molar-refractivity contribution is -0.135. The molecule has 1 aliphatic carbocycles. The number of fused-ring (bicyclic) bond motifs is 5. The lowest BCUT2D eigenvalue weighted by Gasteiger charge is -2.37. The van der Waals surface area contributed by atoms with Gasteiger partial charge >= 0.3 is 29.8 Å². The molecule has 12 nitrogen and oxygen atoms in total. The zero-order valence-corrected chi connectivity index (χ0v) is 21.2. The maximum atomic E-state index is 12.0. The van der Waals surface area contributed by atoms with Gasteiger partial charge in [-0.2, -0.15) is 0 Å². The van der Waals surface area contributed by atoms with Gasteiger partial charge in [-0.25, -0.2) is 0 Å². The Morgan fingerprint density at radius 1 is 0.737 bits per heavy atom. The molecule has 1 N–H and O–H groups in total. The summed E-state index contributed by atoms with van der Waals surface area (Å²) >= 11 is 0. The number of ether oxygens (including phenoxy) is 6. The van der Waals surface area contributed by atoms with Crippen molar-refractivity contribution in [3.05, 3.63) is 34.9 Å². The average Bonchev–Trinajstić information content (AvgIpc) is 3.08. The van der Waals surface area contributed by atoms with Crippen LogP contribution in [0, 0.1) is 0 Å². The van der Waals surface area contributed by atoms with E-state index in [2.05, 4.69) is 0 Å². The van der Waals surface area contributed by atoms with Crippen LogP contribution in [0.2, 0.25) is 0 Å². The number of hydrogen-bond acceptors (Lipinski definition) is 12. The summed E-state index contributed by atoms with van der Waals surface area (Å²) in [5.74, 6) is -5.35. The fourth-order valence-corrected chi connectivity index (χ4v) is 4.73. The first-order valence-corrected chi connectivity index (χ1v) is 11.4. The molecule has 2 aromatic carbocycles. The number of benzene rings is 2. The van der Waals surface area contributed by atoms with Crippen molar-refractivity contribution >= 4 is 29.8 Å². The van der Waals surface area contributed by atoms with Gasteiger partial charge in [-0.15, -0.1) is 0 Å². The SMILES string of the molecule is CC(=O)Oc1ccc2c(c1OC(C)=O)OC[C@]1(O)Cc3c(cc(OC(C)=O)c(OC(C)=O)c3OC(C)=O)[C@H]21. The summed E-state index contributed by atoms with van der Waals surface area (Å²) < 4.78 is 32.3. The van der Waals surface area contributed by atoms with Crippen LogP contribution in [0.4, 0.5) is 0 Å². The van der Waals surface area contributed by atoms with Crippen LogP contribution in [0.5, 0.6) is 34.5 Å². The number of esters is 5. The molecule has 0 fully saturated rings. The molecule has 0 spiro atoms. The van der Waals surface area contributed by atoms with Crippen LogP contribution in [0.15, 0.2) is 18.2 Å². The molecule has 0 saturated heterocycles. The minimum absolute atomic E-state index is 0.0496. The summed E-state index contributed by atoms with van der Waals surface area (Å²) in [5, 5.41) is 11.7. The highest BCUT2D eigenvalue weighted by molar-refractivity contribution is 5.81. The van der Waals surface area contributed by atoms with Crippen LogP contribution < -0.4 is 28.4 Å². The first kappa shape index (κ1) is 26.6. The van der Waals surface area contributed by atoms with E-state index >= 15 is 0 Å². The molecule has 1 aliphatic heterocycles. The lowest BCUT2D eigenvalue weighted by atomic mass is 9.80. The Bertz CT molecular complexity index is 1390. The van der Waals surface area contributed by atoms with E-state index in [0.717, 1.165) is 27.7 Å². The summed E-state index contributed by atoms with van der Waals surface area (Å²) in [6.45, 7) is 5.43. The largest absolute Gasteiger partial charge is 0.486 e. The Kier molecular flexibility index (Phi) is 6.85. The standard InChI is InChI=1S/C26H24O12/c1-11(27)34-19-7-6-16-21-17-8-20(35-12(2)28)25(38-15(5)31)23(36-13(3)29)18(17)9-26(21,32)10-33-22(16)24(19)37-14(4)30/h6-8,21,32H,9-10H2,1-5H3/t21-,26+/m0/s1. The summed E-state index contributed by atoms with van der Waals surface area (Å²) in [5.41, 5.74) is -0.542. The number of carbonyl (C=O) groups excluding carboxylic acids is 5. The molecule has 38 heavy (non-hydrogen) atoms. The van der Waals surface area contributed by atoms with Gasteiger partial charge in [0.25, 0.3) is 0 Å². The van der Waals surface area contributed by atoms with Crippen molar-refractivity contribution in [1.29, 1.82) is 0 Å². The fraction of sp³-hybridized carbons (Fsp3) is 0.346. The number of aliphatic hydroxyl groups is 1. The highest BCUT2D eigenvalue weighted by atomic mass is 16.6. The van der Waals surface area contributed by atoms with Crippen LogP contribution in [0.25, 0.3) is 0 Å². The molecule has 12 heteroatoms. The minimum atomic E-state index is -1.59. The topological polar surface area (TPSA) is 161 Å². The van der Waals surface area contributed by atoms with Crippen molar-refractivity contribution in [1.82, 2.24) is 0 Å². The predicted molar refractivity (Wildman–Crippen MR) is 125 cm³/mol. The van der Waals surface area contributed by atoms with E-state index in [-0.39, 0.29) is 47.5 Å². The second kappa shape index (κ2) is 9.78. The third-order valence-corrected chi connectivity index (χ3v) is 5.80. The first-order chi connectivity index (χ1) is 17.8. The molecule has 0 radical (unpaired) electrons. The van der Waals surface area contributed by atoms with Gasteiger partial charge in [0, 0.05) is 58.1 Å². The summed E-state index contributed by atoms with van der Waals surface area (Å²) in [6, 6.07) is 4.32. The van der Waals surface area contributed by atoms with Crippen molar-refractivity contribution in [3.63, 3.8) is 0 Å². The Balaban J connectivity index is 1.99. The fourth-order valence-electron chi connectivity index (χ4n) is 4.73. The molecule has 2 aromatic rings. The summed E-state index contributed by atoms with van der Waals surface area (Å²) in [6.07, 6.45) is -0.0989. The summed E-state index contributed by atoms with van der Waals surface area (Å²) in [4.78, 5) is 59.2. The van der Waals surface area contributed by atoms with Crippen LogP contribution in [-0.4, -0.2) is 47.2 Å². The van der Waals surface area contributed by atoms with Crippen LogP contribution in [0.3, 0.4) is 0 Å². The smallest absolute Gasteiger partial charge is 0.308 e. The zero-order valence-electron chi connectivity index (χ0n) is 21.2. The normalized spacial score (nSPS) is 18.6. The van der Waals surface area contributed by atoms with Gasteiger partial charge in [-0.3, -0.25) is 24.0 Å². The molecule has 0 amide bonds. The van der Waals surface area contributed by atoms with Gasteiger partial charge in [-0.1, -0.05) is 6.07 Å². The van der Waals surface area contributed by atoms with E-state index in [9.17, 15) is 29.1 Å². The second-order valence-corrected chi connectivity index (χ2v) is 8.88. The zero-order chi connectivity index (χ0) is 27.9. The highest BCUT2D eigenvalue weighted by Gasteiger charge is 2.53. The quantitative estimate of drug-likeness (QED) is 0.445. The average molecular weight is 528 g/mol. The van der Waals surface area contributed by atoms with E-state index < -0.39 is 41.4 Å². The van der Waals surface area contributed by atoms with Gasteiger partial charge in [0.1, 0.15) is 12.2 Å². The minimum Gasteiger partial charge on any atom is -0.486 e. The van der Waals surface area contributed by atoms with E-state index in [0.29, 0.717) is 16.7 Å². The third-order valence-electron chi connectivity index (χ3n) is 5.80. The Hall–Kier alpha value is -4.45. The number of hydrogen-bond donors (Lipinski definition) is 1. The van der Waals surface area contributed by atoms with Crippen molar-refractivity contribution in [2.24, 2.45) is 0 Å². The van der Waals surface area contributed by atoms with E-state index in [4.69, 9.17) is 28.4 Å². The molecule has 2 atom stereocenters. The Labute approximate surface area is 216 Å². The van der Waals surface area contributed by atoms with E-state index in [1.54, 1.807) is 0 Å². The van der Waals surface area contributed by atoms with Crippen molar-refractivity contribution in [2.75, 3.05) is 6.61 Å². The molecule has 2 aliphatic rings. The monoisotopic (exact) mass is 528 g/mol. The Morgan fingerprint density at radius 3 is 1.84 bits per heavy atom. The maximum Gasteiger partial charge on any atom is 0.308 e. The number of rotatable bonds is 5. The highest BCUT2D eigenvalue weighted by Crippen LogP contribution is 2.59. The van der Waals surface area contributed by atoms with Gasteiger partial charge < -0.3 is 33.5 Å². The van der Waals surface area contributed by atoms with Crippen molar-refractivity contribution in [2.45, 2.75) is 52.6 Å². The van der Waals surface area contributed by atoms with Gasteiger partial charge in [0.05, 0.1) is 0 Å². The first-order valence-electron chi connectivity index (χ1n) is 11.4. The van der Waals surface area contributed by atoms with E-state index in [1.807, 2.05) is 0 Å². The lowest BCUT2D eigenvalue weighted by Crippen LogP contribution is -2.44. The maximum absolute atomic E-state index is 12.0. The van der Waals surface area contributed by atoms with E-state index in [1.165, 1.54) is 25.1 Å². The molecule has 1 heterocycles. The van der Waals surface area contributed by atoms with Crippen LogP contribution in [0.1, 0.15) is 57.2 Å². The predicted octanol–water partition coefficient (Wildman–Crippen LogP) is 2.12. The van der Waals surface area contributed by atoms with Gasteiger partial charge in [-0.05, 0) is 17.7 Å². The van der Waals surface area contributed by atoms with Crippen molar-refractivity contribution in [3.8, 4) is 34.5 Å². The molecule has 4 rings (SSSR count).